The zero-order chi connectivity index (χ0) is 7.49. The lowest BCUT2D eigenvalue weighted by molar-refractivity contribution is -0.0521. The fourth-order valence-electron chi connectivity index (χ4n) is 0.502. The van der Waals surface area contributed by atoms with Gasteiger partial charge in [-0.15, -0.1) is 0 Å². The number of rotatable bonds is 2. The molecule has 1 atom stereocenters. The second-order valence-corrected chi connectivity index (χ2v) is 3.00. The molecule has 0 aromatic rings. The van der Waals surface area contributed by atoms with Gasteiger partial charge in [-0.25, -0.2) is 0 Å². The summed E-state index contributed by atoms with van der Waals surface area (Å²) >= 11 is 0. The van der Waals surface area contributed by atoms with Crippen LogP contribution >= 0.6 is 0 Å². The van der Waals surface area contributed by atoms with Crippen molar-refractivity contribution in [2.24, 2.45) is 11.5 Å². The van der Waals surface area contributed by atoms with Crippen molar-refractivity contribution >= 4 is 0 Å². The Bertz CT molecular complexity index is 77.6. The van der Waals surface area contributed by atoms with Crippen LogP contribution in [0.1, 0.15) is 20.8 Å². The van der Waals surface area contributed by atoms with Gasteiger partial charge in [-0.05, 0) is 20.8 Å². The normalized spacial score (nSPS) is 15.7. The molecule has 0 aliphatic carbocycles. The highest BCUT2D eigenvalue weighted by atomic mass is 16.5. The van der Waals surface area contributed by atoms with E-state index in [0.717, 1.165) is 0 Å². The zero-order valence-corrected chi connectivity index (χ0v) is 6.35. The van der Waals surface area contributed by atoms with Crippen LogP contribution in [0.2, 0.25) is 0 Å². The lowest BCUT2D eigenvalue weighted by Crippen LogP contribution is -2.39. The van der Waals surface area contributed by atoms with Crippen LogP contribution in [0, 0.1) is 0 Å². The van der Waals surface area contributed by atoms with Gasteiger partial charge >= 0.3 is 0 Å². The van der Waals surface area contributed by atoms with Gasteiger partial charge in [0.2, 0.25) is 0 Å². The standard InChI is InChI=1S/C6H16N2O/c1-6(2,3)9-5(8)4-7/h5H,4,7-8H2,1-3H3. The van der Waals surface area contributed by atoms with Gasteiger partial charge < -0.3 is 16.2 Å². The second-order valence-electron chi connectivity index (χ2n) is 3.00. The van der Waals surface area contributed by atoms with E-state index in [9.17, 15) is 0 Å². The maximum atomic E-state index is 5.41. The van der Waals surface area contributed by atoms with Gasteiger partial charge in [-0.3, -0.25) is 0 Å². The maximum absolute atomic E-state index is 5.41. The minimum absolute atomic E-state index is 0.182. The number of ether oxygens (including phenoxy) is 1. The summed E-state index contributed by atoms with van der Waals surface area (Å²) in [6.45, 7) is 6.21. The number of hydrogen-bond donors (Lipinski definition) is 2. The molecule has 0 saturated carbocycles. The molecule has 3 nitrogen and oxygen atoms in total. The van der Waals surface area contributed by atoms with Crippen LogP contribution in [0.3, 0.4) is 0 Å². The minimum Gasteiger partial charge on any atom is -0.357 e. The molecule has 4 N–H and O–H groups in total. The molecule has 56 valence electrons. The Labute approximate surface area is 56.4 Å². The monoisotopic (exact) mass is 132 g/mol. The smallest absolute Gasteiger partial charge is 0.118 e. The SMILES string of the molecule is CC(C)(C)OC(N)CN. The summed E-state index contributed by atoms with van der Waals surface area (Å²) in [6, 6.07) is 0. The van der Waals surface area contributed by atoms with Gasteiger partial charge in [0, 0.05) is 6.54 Å². The molecule has 0 spiro atoms. The van der Waals surface area contributed by atoms with E-state index in [2.05, 4.69) is 0 Å². The van der Waals surface area contributed by atoms with E-state index in [1.165, 1.54) is 0 Å². The van der Waals surface area contributed by atoms with Crippen LogP contribution in [-0.4, -0.2) is 18.4 Å². The molecule has 0 aliphatic heterocycles. The molecule has 0 aromatic carbocycles. The van der Waals surface area contributed by atoms with E-state index in [1.807, 2.05) is 20.8 Å². The molecule has 3 heteroatoms. The van der Waals surface area contributed by atoms with Crippen LogP contribution in [-0.2, 0) is 4.74 Å². The Morgan fingerprint density at radius 1 is 1.44 bits per heavy atom. The second kappa shape index (κ2) is 3.15. The largest absolute Gasteiger partial charge is 0.357 e. The molecule has 0 saturated heterocycles. The van der Waals surface area contributed by atoms with E-state index in [-0.39, 0.29) is 11.8 Å². The lowest BCUT2D eigenvalue weighted by Gasteiger charge is -2.23. The Balaban J connectivity index is 3.47. The third-order valence-electron chi connectivity index (χ3n) is 0.737. The highest BCUT2D eigenvalue weighted by Crippen LogP contribution is 2.06. The van der Waals surface area contributed by atoms with Gasteiger partial charge in [-0.1, -0.05) is 0 Å². The first kappa shape index (κ1) is 8.88. The van der Waals surface area contributed by atoms with Gasteiger partial charge in [-0.2, -0.15) is 0 Å². The van der Waals surface area contributed by atoms with Gasteiger partial charge in [0.1, 0.15) is 6.23 Å². The Morgan fingerprint density at radius 2 is 1.89 bits per heavy atom. The number of hydrogen-bond acceptors (Lipinski definition) is 3. The molecule has 1 unspecified atom stereocenters. The molecular weight excluding hydrogens is 116 g/mol. The first-order valence-corrected chi connectivity index (χ1v) is 3.09. The molecular formula is C6H16N2O. The topological polar surface area (TPSA) is 61.3 Å². The highest BCUT2D eigenvalue weighted by Gasteiger charge is 2.13. The molecule has 0 fully saturated rings. The van der Waals surface area contributed by atoms with Crippen LogP contribution in [0.5, 0.6) is 0 Å². The summed E-state index contributed by atoms with van der Waals surface area (Å²) in [5, 5.41) is 0. The quantitative estimate of drug-likeness (QED) is 0.522. The third kappa shape index (κ3) is 5.76. The van der Waals surface area contributed by atoms with E-state index < -0.39 is 0 Å². The summed E-state index contributed by atoms with van der Waals surface area (Å²) < 4.78 is 5.24. The van der Waals surface area contributed by atoms with Crippen molar-refractivity contribution in [1.29, 1.82) is 0 Å². The van der Waals surface area contributed by atoms with E-state index in [1.54, 1.807) is 0 Å². The minimum atomic E-state index is -0.329. The van der Waals surface area contributed by atoms with Crippen LogP contribution in [0.4, 0.5) is 0 Å². The van der Waals surface area contributed by atoms with Crippen LogP contribution in [0.25, 0.3) is 0 Å². The summed E-state index contributed by atoms with van der Waals surface area (Å²) in [6.07, 6.45) is -0.329. The molecule has 0 amide bonds. The van der Waals surface area contributed by atoms with Crippen LogP contribution in [0.15, 0.2) is 0 Å². The van der Waals surface area contributed by atoms with Gasteiger partial charge in [0.15, 0.2) is 0 Å². The average molecular weight is 132 g/mol. The average Bonchev–Trinajstić information content (AvgIpc) is 1.62. The molecule has 0 radical (unpaired) electrons. The van der Waals surface area contributed by atoms with Crippen molar-refractivity contribution in [2.75, 3.05) is 6.54 Å². The Kier molecular flexibility index (Phi) is 3.11. The molecule has 9 heavy (non-hydrogen) atoms. The first-order chi connectivity index (χ1) is 3.95. The zero-order valence-electron chi connectivity index (χ0n) is 6.35. The fraction of sp³-hybridized carbons (Fsp3) is 1.00. The van der Waals surface area contributed by atoms with Crippen molar-refractivity contribution in [2.45, 2.75) is 32.6 Å². The van der Waals surface area contributed by atoms with Gasteiger partial charge in [0.25, 0.3) is 0 Å². The van der Waals surface area contributed by atoms with Crippen LogP contribution < -0.4 is 11.5 Å². The van der Waals surface area contributed by atoms with E-state index >= 15 is 0 Å². The Morgan fingerprint density at radius 3 is 2.00 bits per heavy atom. The molecule has 0 rings (SSSR count). The van der Waals surface area contributed by atoms with Crippen molar-refractivity contribution in [3.63, 3.8) is 0 Å². The summed E-state index contributed by atoms with van der Waals surface area (Å²) in [4.78, 5) is 0. The predicted molar refractivity (Wildman–Crippen MR) is 37.9 cm³/mol. The summed E-state index contributed by atoms with van der Waals surface area (Å²) in [7, 11) is 0. The molecule has 0 heterocycles. The van der Waals surface area contributed by atoms with Gasteiger partial charge in [0.05, 0.1) is 5.60 Å². The fourth-order valence-corrected chi connectivity index (χ4v) is 0.502. The molecule has 0 aliphatic rings. The first-order valence-electron chi connectivity index (χ1n) is 3.09. The van der Waals surface area contributed by atoms with Crippen molar-refractivity contribution < 1.29 is 4.74 Å². The van der Waals surface area contributed by atoms with E-state index in [4.69, 9.17) is 16.2 Å². The lowest BCUT2D eigenvalue weighted by atomic mass is 10.2. The summed E-state index contributed by atoms with van der Waals surface area (Å²) in [5.74, 6) is 0. The molecule has 0 bridgehead atoms. The van der Waals surface area contributed by atoms with Crippen molar-refractivity contribution in [3.8, 4) is 0 Å². The third-order valence-corrected chi connectivity index (χ3v) is 0.737. The summed E-state index contributed by atoms with van der Waals surface area (Å²) in [5.41, 5.74) is 10.5. The predicted octanol–water partition coefficient (Wildman–Crippen LogP) is 0.0450. The Hall–Kier alpha value is -0.120. The molecule has 0 aromatic heterocycles. The number of nitrogens with two attached hydrogens (primary N) is 2. The highest BCUT2D eigenvalue weighted by molar-refractivity contribution is 4.61. The van der Waals surface area contributed by atoms with Crippen molar-refractivity contribution in [3.05, 3.63) is 0 Å². The van der Waals surface area contributed by atoms with Crippen molar-refractivity contribution in [1.82, 2.24) is 0 Å². The maximum Gasteiger partial charge on any atom is 0.118 e. The van der Waals surface area contributed by atoms with E-state index in [0.29, 0.717) is 6.54 Å².